The minimum absolute atomic E-state index is 0.304. The molecule has 0 atom stereocenters. The van der Waals surface area contributed by atoms with Gasteiger partial charge in [-0.1, -0.05) is 24.3 Å². The van der Waals surface area contributed by atoms with Crippen molar-refractivity contribution in [2.45, 2.75) is 12.7 Å². The van der Waals surface area contributed by atoms with Crippen LogP contribution in [0.15, 0.2) is 54.6 Å². The minimum atomic E-state index is -4.41. The summed E-state index contributed by atoms with van der Waals surface area (Å²) in [5, 5.41) is 0.800. The van der Waals surface area contributed by atoms with Gasteiger partial charge >= 0.3 is 6.18 Å². The van der Waals surface area contributed by atoms with Crippen molar-refractivity contribution in [2.24, 2.45) is 0 Å². The summed E-state index contributed by atoms with van der Waals surface area (Å²) >= 11 is 1.51. The Morgan fingerprint density at radius 3 is 2.69 bits per heavy atom. The van der Waals surface area contributed by atoms with E-state index in [-0.39, 0.29) is 5.91 Å². The fourth-order valence-electron chi connectivity index (χ4n) is 2.38. The number of amides is 1. The maximum absolute atomic E-state index is 12.7. The van der Waals surface area contributed by atoms with Crippen LogP contribution in [0.4, 0.5) is 13.2 Å². The third kappa shape index (κ3) is 4.29. The predicted octanol–water partition coefficient (Wildman–Crippen LogP) is 4.99. The molecule has 3 nitrogen and oxygen atoms in total. The van der Waals surface area contributed by atoms with Gasteiger partial charge in [0.25, 0.3) is 0 Å². The summed E-state index contributed by atoms with van der Waals surface area (Å²) in [7, 11) is 1.63. The van der Waals surface area contributed by atoms with E-state index in [0.717, 1.165) is 27.4 Å². The van der Waals surface area contributed by atoms with E-state index in [0.29, 0.717) is 12.1 Å². The highest BCUT2D eigenvalue weighted by Gasteiger charge is 2.30. The average molecular weight is 376 g/mol. The van der Waals surface area contributed by atoms with Crippen LogP contribution in [0.5, 0.6) is 0 Å². The maximum atomic E-state index is 12.7. The standard InChI is InChI=1S/C19H15F3N2OS/c1-24(12-17-23-15-7-2-3-8-16(15)26-17)18(25)10-9-13-5-4-6-14(11-13)19(20,21)22/h2-11H,12H2,1H3/b10-9+. The molecule has 0 bridgehead atoms. The second kappa shape index (κ2) is 7.29. The Morgan fingerprint density at radius 1 is 1.19 bits per heavy atom. The summed E-state index contributed by atoms with van der Waals surface area (Å²) in [5.41, 5.74) is 0.462. The van der Waals surface area contributed by atoms with Gasteiger partial charge < -0.3 is 4.90 Å². The first kappa shape index (κ1) is 18.1. The number of hydrogen-bond donors (Lipinski definition) is 0. The molecule has 0 aliphatic rings. The second-order valence-electron chi connectivity index (χ2n) is 5.73. The smallest absolute Gasteiger partial charge is 0.335 e. The van der Waals surface area contributed by atoms with Crippen LogP contribution in [0, 0.1) is 0 Å². The molecular formula is C19H15F3N2OS. The number of alkyl halides is 3. The van der Waals surface area contributed by atoms with E-state index in [9.17, 15) is 18.0 Å². The molecule has 7 heteroatoms. The lowest BCUT2D eigenvalue weighted by atomic mass is 10.1. The Kier molecular flexibility index (Phi) is 5.08. The van der Waals surface area contributed by atoms with E-state index in [4.69, 9.17) is 0 Å². The van der Waals surface area contributed by atoms with Crippen LogP contribution in [0.1, 0.15) is 16.1 Å². The number of halogens is 3. The molecule has 0 N–H and O–H groups in total. The number of fused-ring (bicyclic) bond motifs is 1. The highest BCUT2D eigenvalue weighted by molar-refractivity contribution is 7.18. The van der Waals surface area contributed by atoms with Crippen molar-refractivity contribution in [2.75, 3.05) is 7.05 Å². The zero-order valence-electron chi connectivity index (χ0n) is 13.8. The number of carbonyl (C=O) groups excluding carboxylic acids is 1. The molecular weight excluding hydrogens is 361 g/mol. The Labute approximate surface area is 152 Å². The third-order valence-electron chi connectivity index (χ3n) is 3.72. The highest BCUT2D eigenvalue weighted by Crippen LogP contribution is 2.29. The molecule has 1 amide bonds. The van der Waals surface area contributed by atoms with E-state index < -0.39 is 11.7 Å². The Hall–Kier alpha value is -2.67. The summed E-state index contributed by atoms with van der Waals surface area (Å²) in [4.78, 5) is 18.2. The van der Waals surface area contributed by atoms with Crippen molar-refractivity contribution in [1.82, 2.24) is 9.88 Å². The van der Waals surface area contributed by atoms with Gasteiger partial charge in [-0.2, -0.15) is 13.2 Å². The third-order valence-corrected chi connectivity index (χ3v) is 4.74. The van der Waals surface area contributed by atoms with Gasteiger partial charge in [0.15, 0.2) is 0 Å². The summed E-state index contributed by atoms with van der Waals surface area (Å²) in [6, 6.07) is 12.5. The van der Waals surface area contributed by atoms with Gasteiger partial charge in [-0.3, -0.25) is 4.79 Å². The number of para-hydroxylation sites is 1. The number of likely N-dealkylation sites (N-methyl/N-ethyl adjacent to an activating group) is 1. The van der Waals surface area contributed by atoms with E-state index in [1.54, 1.807) is 7.05 Å². The van der Waals surface area contributed by atoms with E-state index in [1.807, 2.05) is 24.3 Å². The van der Waals surface area contributed by atoms with Crippen LogP contribution < -0.4 is 0 Å². The molecule has 134 valence electrons. The maximum Gasteiger partial charge on any atom is 0.416 e. The Balaban J connectivity index is 1.68. The van der Waals surface area contributed by atoms with Gasteiger partial charge in [0.1, 0.15) is 5.01 Å². The van der Waals surface area contributed by atoms with Crippen molar-refractivity contribution in [1.29, 1.82) is 0 Å². The summed E-state index contributed by atoms with van der Waals surface area (Å²) < 4.78 is 39.2. The van der Waals surface area contributed by atoms with Crippen molar-refractivity contribution in [3.63, 3.8) is 0 Å². The number of benzene rings is 2. The number of thiazole rings is 1. The van der Waals surface area contributed by atoms with Gasteiger partial charge in [0.2, 0.25) is 5.91 Å². The molecule has 0 radical (unpaired) electrons. The van der Waals surface area contributed by atoms with Crippen LogP contribution in [-0.4, -0.2) is 22.8 Å². The molecule has 0 saturated carbocycles. The number of rotatable bonds is 4. The molecule has 0 fully saturated rings. The fourth-order valence-corrected chi connectivity index (χ4v) is 3.40. The number of nitrogens with zero attached hydrogens (tertiary/aromatic N) is 2. The highest BCUT2D eigenvalue weighted by atomic mass is 32.1. The topological polar surface area (TPSA) is 33.2 Å². The lowest BCUT2D eigenvalue weighted by molar-refractivity contribution is -0.137. The molecule has 0 spiro atoms. The van der Waals surface area contributed by atoms with Crippen molar-refractivity contribution in [3.05, 3.63) is 70.7 Å². The Morgan fingerprint density at radius 2 is 1.96 bits per heavy atom. The van der Waals surface area contributed by atoms with Crippen LogP contribution in [0.2, 0.25) is 0 Å². The minimum Gasteiger partial charge on any atom is -0.335 e. The van der Waals surface area contributed by atoms with Crippen LogP contribution in [0.25, 0.3) is 16.3 Å². The first-order valence-electron chi connectivity index (χ1n) is 7.78. The van der Waals surface area contributed by atoms with Crippen LogP contribution in [-0.2, 0) is 17.5 Å². The molecule has 0 saturated heterocycles. The first-order valence-corrected chi connectivity index (χ1v) is 8.59. The molecule has 3 rings (SSSR count). The van der Waals surface area contributed by atoms with Crippen LogP contribution in [0.3, 0.4) is 0 Å². The number of hydrogen-bond acceptors (Lipinski definition) is 3. The van der Waals surface area contributed by atoms with E-state index in [2.05, 4.69) is 4.98 Å². The molecule has 0 aliphatic carbocycles. The lowest BCUT2D eigenvalue weighted by Gasteiger charge is -2.13. The monoisotopic (exact) mass is 376 g/mol. The average Bonchev–Trinajstić information content (AvgIpc) is 3.01. The van der Waals surface area contributed by atoms with Crippen LogP contribution >= 0.6 is 11.3 Å². The van der Waals surface area contributed by atoms with Gasteiger partial charge in [-0.05, 0) is 35.9 Å². The normalized spacial score (nSPS) is 12.0. The molecule has 1 aromatic heterocycles. The zero-order chi connectivity index (χ0) is 18.7. The van der Waals surface area contributed by atoms with Gasteiger partial charge in [-0.25, -0.2) is 4.98 Å². The zero-order valence-corrected chi connectivity index (χ0v) is 14.6. The fraction of sp³-hybridized carbons (Fsp3) is 0.158. The van der Waals surface area contributed by atoms with Crippen molar-refractivity contribution in [3.8, 4) is 0 Å². The predicted molar refractivity (Wildman–Crippen MR) is 96.6 cm³/mol. The quantitative estimate of drug-likeness (QED) is 0.601. The first-order chi connectivity index (χ1) is 12.3. The number of aromatic nitrogens is 1. The largest absolute Gasteiger partial charge is 0.416 e. The number of carbonyl (C=O) groups is 1. The molecule has 26 heavy (non-hydrogen) atoms. The molecule has 0 unspecified atom stereocenters. The SMILES string of the molecule is CN(Cc1nc2ccccc2s1)C(=O)/C=C/c1cccc(C(F)(F)F)c1. The second-order valence-corrected chi connectivity index (χ2v) is 6.84. The summed E-state index contributed by atoms with van der Waals surface area (Å²) in [6.07, 6.45) is -1.76. The van der Waals surface area contributed by atoms with E-state index in [1.165, 1.54) is 40.5 Å². The molecule has 3 aromatic rings. The van der Waals surface area contributed by atoms with E-state index >= 15 is 0 Å². The summed E-state index contributed by atoms with van der Waals surface area (Å²) in [5.74, 6) is -0.304. The Bertz CT molecular complexity index is 930. The lowest BCUT2D eigenvalue weighted by Crippen LogP contribution is -2.23. The van der Waals surface area contributed by atoms with Gasteiger partial charge in [0, 0.05) is 13.1 Å². The molecule has 2 aromatic carbocycles. The van der Waals surface area contributed by atoms with Crippen molar-refractivity contribution < 1.29 is 18.0 Å². The van der Waals surface area contributed by atoms with Gasteiger partial charge in [-0.15, -0.1) is 11.3 Å². The van der Waals surface area contributed by atoms with Crippen molar-refractivity contribution >= 4 is 33.5 Å². The van der Waals surface area contributed by atoms with Gasteiger partial charge in [0.05, 0.1) is 22.3 Å². The molecule has 1 heterocycles. The molecule has 0 aliphatic heterocycles. The summed E-state index contributed by atoms with van der Waals surface area (Å²) in [6.45, 7) is 0.338.